The van der Waals surface area contributed by atoms with E-state index in [-0.39, 0.29) is 5.84 Å². The molecule has 2 aromatic rings. The molecule has 2 rings (SSSR count). The van der Waals surface area contributed by atoms with Crippen molar-refractivity contribution in [3.63, 3.8) is 0 Å². The van der Waals surface area contributed by atoms with Crippen molar-refractivity contribution in [3.05, 3.63) is 44.9 Å². The van der Waals surface area contributed by atoms with Gasteiger partial charge in [0.1, 0.15) is 0 Å². The fraction of sp³-hybridized carbons (Fsp3) is 0.231. The molecular formula is C13H15ClN4OS. The zero-order valence-electron chi connectivity index (χ0n) is 11.2. The van der Waals surface area contributed by atoms with Gasteiger partial charge in [0.25, 0.3) is 0 Å². The summed E-state index contributed by atoms with van der Waals surface area (Å²) in [7, 11) is 1.94. The molecule has 0 saturated heterocycles. The van der Waals surface area contributed by atoms with Gasteiger partial charge in [-0.2, -0.15) is 0 Å². The van der Waals surface area contributed by atoms with Gasteiger partial charge in [-0.05, 0) is 25.1 Å². The number of nitrogens with zero attached hydrogens (tertiary/aromatic N) is 3. The highest BCUT2D eigenvalue weighted by atomic mass is 35.5. The van der Waals surface area contributed by atoms with Gasteiger partial charge in [0, 0.05) is 18.0 Å². The summed E-state index contributed by atoms with van der Waals surface area (Å²) in [4.78, 5) is 6.43. The molecule has 0 fully saturated rings. The number of oxime groups is 1. The Balaban J connectivity index is 2.20. The molecule has 0 aliphatic rings. The Morgan fingerprint density at radius 1 is 1.55 bits per heavy atom. The molecule has 0 amide bonds. The predicted octanol–water partition coefficient (Wildman–Crippen LogP) is 2.84. The highest BCUT2D eigenvalue weighted by Crippen LogP contribution is 2.27. The van der Waals surface area contributed by atoms with Crippen LogP contribution < -0.4 is 10.6 Å². The number of anilines is 1. The van der Waals surface area contributed by atoms with Gasteiger partial charge >= 0.3 is 0 Å². The van der Waals surface area contributed by atoms with E-state index in [4.69, 9.17) is 22.5 Å². The third-order valence-electron chi connectivity index (χ3n) is 2.83. The van der Waals surface area contributed by atoms with Crippen molar-refractivity contribution in [2.75, 3.05) is 11.9 Å². The fourth-order valence-electron chi connectivity index (χ4n) is 1.84. The Labute approximate surface area is 126 Å². The van der Waals surface area contributed by atoms with E-state index in [1.165, 1.54) is 0 Å². The summed E-state index contributed by atoms with van der Waals surface area (Å²) in [6.45, 7) is 2.65. The highest BCUT2D eigenvalue weighted by molar-refractivity contribution is 7.09. The number of nitrogens with two attached hydrogens (primary N) is 1. The summed E-state index contributed by atoms with van der Waals surface area (Å²) in [5.74, 6) is 0.0382. The van der Waals surface area contributed by atoms with Crippen LogP contribution in [-0.4, -0.2) is 23.1 Å². The number of amidine groups is 1. The SMILES string of the molecule is Cc1nc(CN(C)c2ccc(C(N)=NO)cc2Cl)cs1. The lowest BCUT2D eigenvalue weighted by Gasteiger charge is -2.20. The van der Waals surface area contributed by atoms with Crippen molar-refractivity contribution in [2.45, 2.75) is 13.5 Å². The van der Waals surface area contributed by atoms with Crippen LogP contribution in [0.15, 0.2) is 28.7 Å². The molecule has 0 spiro atoms. The van der Waals surface area contributed by atoms with Crippen LogP contribution in [-0.2, 0) is 6.54 Å². The Morgan fingerprint density at radius 2 is 2.30 bits per heavy atom. The third kappa shape index (κ3) is 3.20. The zero-order chi connectivity index (χ0) is 14.7. The van der Waals surface area contributed by atoms with Gasteiger partial charge in [-0.25, -0.2) is 4.98 Å². The number of aryl methyl sites for hydroxylation is 1. The molecule has 106 valence electrons. The normalized spacial score (nSPS) is 11.7. The van der Waals surface area contributed by atoms with Crippen LogP contribution >= 0.6 is 22.9 Å². The zero-order valence-corrected chi connectivity index (χ0v) is 12.7. The van der Waals surface area contributed by atoms with Crippen LogP contribution in [0.5, 0.6) is 0 Å². The predicted molar refractivity (Wildman–Crippen MR) is 82.9 cm³/mol. The molecule has 0 unspecified atom stereocenters. The first kappa shape index (κ1) is 14.6. The number of benzene rings is 1. The van der Waals surface area contributed by atoms with Crippen LogP contribution in [0.4, 0.5) is 5.69 Å². The molecule has 0 saturated carbocycles. The van der Waals surface area contributed by atoms with Gasteiger partial charge in [-0.3, -0.25) is 0 Å². The van der Waals surface area contributed by atoms with Crippen LogP contribution in [0.25, 0.3) is 0 Å². The summed E-state index contributed by atoms with van der Waals surface area (Å²) < 4.78 is 0. The Bertz CT molecular complexity index is 641. The van der Waals surface area contributed by atoms with Gasteiger partial charge in [0.15, 0.2) is 5.84 Å². The molecule has 5 nitrogen and oxygen atoms in total. The number of hydrogen-bond donors (Lipinski definition) is 2. The maximum absolute atomic E-state index is 8.66. The number of thiazole rings is 1. The monoisotopic (exact) mass is 310 g/mol. The van der Waals surface area contributed by atoms with E-state index in [1.54, 1.807) is 23.5 Å². The first-order chi connectivity index (χ1) is 9.51. The second kappa shape index (κ2) is 6.11. The van der Waals surface area contributed by atoms with E-state index in [0.717, 1.165) is 16.4 Å². The summed E-state index contributed by atoms with van der Waals surface area (Å²) in [6, 6.07) is 5.28. The minimum atomic E-state index is 0.0382. The van der Waals surface area contributed by atoms with Crippen molar-refractivity contribution in [2.24, 2.45) is 10.9 Å². The van der Waals surface area contributed by atoms with E-state index in [1.807, 2.05) is 30.3 Å². The van der Waals surface area contributed by atoms with Crippen molar-refractivity contribution < 1.29 is 5.21 Å². The maximum Gasteiger partial charge on any atom is 0.170 e. The van der Waals surface area contributed by atoms with Crippen molar-refractivity contribution in [3.8, 4) is 0 Å². The van der Waals surface area contributed by atoms with E-state index in [9.17, 15) is 0 Å². The van der Waals surface area contributed by atoms with Gasteiger partial charge < -0.3 is 15.8 Å². The Hall–Kier alpha value is -1.79. The first-order valence-corrected chi connectivity index (χ1v) is 7.16. The van der Waals surface area contributed by atoms with Crippen molar-refractivity contribution >= 4 is 34.5 Å². The van der Waals surface area contributed by atoms with Crippen molar-refractivity contribution in [1.29, 1.82) is 0 Å². The maximum atomic E-state index is 8.66. The van der Waals surface area contributed by atoms with Crippen LogP contribution in [0.3, 0.4) is 0 Å². The molecule has 0 aliphatic carbocycles. The number of aromatic nitrogens is 1. The minimum absolute atomic E-state index is 0.0382. The van der Waals surface area contributed by atoms with Gasteiger partial charge in [0.05, 0.1) is 28.0 Å². The number of rotatable bonds is 4. The van der Waals surface area contributed by atoms with E-state index in [0.29, 0.717) is 17.1 Å². The molecule has 0 aliphatic heterocycles. The molecule has 20 heavy (non-hydrogen) atoms. The fourth-order valence-corrected chi connectivity index (χ4v) is 2.77. The third-order valence-corrected chi connectivity index (χ3v) is 3.95. The topological polar surface area (TPSA) is 74.7 Å². The summed E-state index contributed by atoms with van der Waals surface area (Å²) in [5, 5.41) is 15.2. The number of hydrogen-bond acceptors (Lipinski definition) is 5. The molecule has 0 radical (unpaired) electrons. The lowest BCUT2D eigenvalue weighted by atomic mass is 10.2. The second-order valence-corrected chi connectivity index (χ2v) is 5.83. The average Bonchev–Trinajstić information content (AvgIpc) is 2.82. The molecule has 1 heterocycles. The molecule has 7 heteroatoms. The van der Waals surface area contributed by atoms with E-state index >= 15 is 0 Å². The molecule has 0 atom stereocenters. The first-order valence-electron chi connectivity index (χ1n) is 5.91. The van der Waals surface area contributed by atoms with Gasteiger partial charge in [-0.15, -0.1) is 11.3 Å². The molecule has 0 bridgehead atoms. The van der Waals surface area contributed by atoms with Gasteiger partial charge in [0.2, 0.25) is 0 Å². The molecule has 1 aromatic heterocycles. The lowest BCUT2D eigenvalue weighted by molar-refractivity contribution is 0.318. The van der Waals surface area contributed by atoms with Gasteiger partial charge in [-0.1, -0.05) is 16.8 Å². The van der Waals surface area contributed by atoms with Crippen LogP contribution in [0, 0.1) is 6.92 Å². The smallest absolute Gasteiger partial charge is 0.170 e. The van der Waals surface area contributed by atoms with E-state index in [2.05, 4.69) is 10.1 Å². The summed E-state index contributed by atoms with van der Waals surface area (Å²) in [6.07, 6.45) is 0. The van der Waals surface area contributed by atoms with Crippen LogP contribution in [0.2, 0.25) is 5.02 Å². The standard InChI is InChI=1S/C13H15ClN4OS/c1-8-16-10(7-20-8)6-18(2)12-4-3-9(5-11(12)14)13(15)17-19/h3-5,7,19H,6H2,1-2H3,(H2,15,17). The second-order valence-electron chi connectivity index (χ2n) is 4.37. The van der Waals surface area contributed by atoms with E-state index < -0.39 is 0 Å². The molecule has 1 aromatic carbocycles. The lowest BCUT2D eigenvalue weighted by Crippen LogP contribution is -2.18. The number of halogens is 1. The summed E-state index contributed by atoms with van der Waals surface area (Å²) >= 11 is 7.87. The Morgan fingerprint density at radius 3 is 2.85 bits per heavy atom. The van der Waals surface area contributed by atoms with Crippen LogP contribution in [0.1, 0.15) is 16.3 Å². The van der Waals surface area contributed by atoms with Crippen molar-refractivity contribution in [1.82, 2.24) is 4.98 Å². The summed E-state index contributed by atoms with van der Waals surface area (Å²) in [5.41, 5.74) is 7.99. The largest absolute Gasteiger partial charge is 0.409 e. The average molecular weight is 311 g/mol. The quantitative estimate of drug-likeness (QED) is 0.394. The molecule has 3 N–H and O–H groups in total. The minimum Gasteiger partial charge on any atom is -0.409 e. The highest BCUT2D eigenvalue weighted by Gasteiger charge is 2.10. The molecular weight excluding hydrogens is 296 g/mol. The Kier molecular flexibility index (Phi) is 4.46.